The van der Waals surface area contributed by atoms with Gasteiger partial charge in [-0.15, -0.1) is 0 Å². The zero-order valence-corrected chi connectivity index (χ0v) is 17.6. The lowest BCUT2D eigenvalue weighted by atomic mass is 10.0. The van der Waals surface area contributed by atoms with Gasteiger partial charge in [-0.3, -0.25) is 14.4 Å². The van der Waals surface area contributed by atoms with Gasteiger partial charge in [0, 0.05) is 38.4 Å². The van der Waals surface area contributed by atoms with Crippen molar-refractivity contribution in [3.63, 3.8) is 0 Å². The van der Waals surface area contributed by atoms with E-state index >= 15 is 0 Å². The quantitative estimate of drug-likeness (QED) is 0.602. The number of hydrogen-bond acceptors (Lipinski definition) is 6. The first-order valence-corrected chi connectivity index (χ1v) is 10.2. The maximum atomic E-state index is 12.8. The number of carbonyl (C=O) groups is 3. The highest BCUT2D eigenvalue weighted by Gasteiger charge is 2.37. The second-order valence-electron chi connectivity index (χ2n) is 7.75. The number of benzene rings is 1. The van der Waals surface area contributed by atoms with Gasteiger partial charge in [0.25, 0.3) is 0 Å². The molecule has 1 aromatic rings. The summed E-state index contributed by atoms with van der Waals surface area (Å²) in [6.45, 7) is 5.69. The van der Waals surface area contributed by atoms with Crippen LogP contribution in [-0.4, -0.2) is 63.8 Å². The summed E-state index contributed by atoms with van der Waals surface area (Å²) in [6, 6.07) is 4.63. The Morgan fingerprint density at radius 2 is 1.97 bits per heavy atom. The molecule has 9 nitrogen and oxygen atoms in total. The number of methoxy groups -OCH3 is 1. The van der Waals surface area contributed by atoms with Gasteiger partial charge in [0.1, 0.15) is 19.3 Å². The van der Waals surface area contributed by atoms with E-state index in [0.717, 1.165) is 0 Å². The SMILES string of the molecule is COCCNC(=O)[C@H](NC(=O)[C@@H]1CC(=O)N(c2ccc3c(c2)OCCO3)C1)C(C)C. The summed E-state index contributed by atoms with van der Waals surface area (Å²) in [7, 11) is 1.55. The van der Waals surface area contributed by atoms with Gasteiger partial charge in [0.2, 0.25) is 17.7 Å². The third-order valence-electron chi connectivity index (χ3n) is 5.19. The summed E-state index contributed by atoms with van der Waals surface area (Å²) in [5.41, 5.74) is 0.664. The van der Waals surface area contributed by atoms with Crippen LogP contribution in [0, 0.1) is 11.8 Å². The molecule has 164 valence electrons. The first-order chi connectivity index (χ1) is 14.4. The summed E-state index contributed by atoms with van der Waals surface area (Å²) in [4.78, 5) is 39.4. The van der Waals surface area contributed by atoms with Crippen molar-refractivity contribution in [2.45, 2.75) is 26.3 Å². The summed E-state index contributed by atoms with van der Waals surface area (Å²) in [5, 5.41) is 5.56. The Balaban J connectivity index is 1.63. The molecule has 1 saturated heterocycles. The minimum absolute atomic E-state index is 0.0936. The Morgan fingerprint density at radius 3 is 2.67 bits per heavy atom. The first-order valence-electron chi connectivity index (χ1n) is 10.2. The summed E-state index contributed by atoms with van der Waals surface area (Å²) in [5.74, 6) is -0.0941. The summed E-state index contributed by atoms with van der Waals surface area (Å²) in [6.07, 6.45) is 0.0936. The number of amides is 3. The Bertz CT molecular complexity index is 797. The molecule has 0 spiro atoms. The predicted octanol–water partition coefficient (Wildman–Crippen LogP) is 0.714. The molecule has 0 saturated carbocycles. The molecule has 0 unspecified atom stereocenters. The minimum atomic E-state index is -0.673. The lowest BCUT2D eigenvalue weighted by Gasteiger charge is -2.24. The molecule has 2 N–H and O–H groups in total. The van der Waals surface area contributed by atoms with E-state index in [1.165, 1.54) is 0 Å². The predicted molar refractivity (Wildman–Crippen MR) is 110 cm³/mol. The number of nitrogens with one attached hydrogen (secondary N) is 2. The van der Waals surface area contributed by atoms with E-state index in [0.29, 0.717) is 43.6 Å². The maximum absolute atomic E-state index is 12.8. The highest BCUT2D eigenvalue weighted by molar-refractivity contribution is 6.01. The number of anilines is 1. The Kier molecular flexibility index (Phi) is 7.15. The van der Waals surface area contributed by atoms with Crippen LogP contribution in [0.25, 0.3) is 0 Å². The second-order valence-corrected chi connectivity index (χ2v) is 7.75. The van der Waals surface area contributed by atoms with Crippen LogP contribution in [0.4, 0.5) is 5.69 Å². The number of carbonyl (C=O) groups excluding carboxylic acids is 3. The van der Waals surface area contributed by atoms with Gasteiger partial charge in [0.05, 0.1) is 12.5 Å². The fraction of sp³-hybridized carbons (Fsp3) is 0.571. The number of ether oxygens (including phenoxy) is 3. The van der Waals surface area contributed by atoms with Crippen molar-refractivity contribution in [3.8, 4) is 11.5 Å². The van der Waals surface area contributed by atoms with Gasteiger partial charge in [0.15, 0.2) is 11.5 Å². The zero-order valence-electron chi connectivity index (χ0n) is 17.6. The minimum Gasteiger partial charge on any atom is -0.486 e. The van der Waals surface area contributed by atoms with Crippen molar-refractivity contribution in [2.24, 2.45) is 11.8 Å². The summed E-state index contributed by atoms with van der Waals surface area (Å²) >= 11 is 0. The molecular weight excluding hydrogens is 390 g/mol. The molecule has 0 bridgehead atoms. The van der Waals surface area contributed by atoms with Gasteiger partial charge >= 0.3 is 0 Å². The van der Waals surface area contributed by atoms with E-state index in [-0.39, 0.29) is 36.6 Å². The molecule has 1 aromatic carbocycles. The molecule has 9 heteroatoms. The van der Waals surface area contributed by atoms with E-state index in [9.17, 15) is 14.4 Å². The van der Waals surface area contributed by atoms with Crippen LogP contribution in [0.1, 0.15) is 20.3 Å². The molecule has 2 heterocycles. The smallest absolute Gasteiger partial charge is 0.242 e. The monoisotopic (exact) mass is 419 g/mol. The van der Waals surface area contributed by atoms with Gasteiger partial charge in [-0.1, -0.05) is 13.8 Å². The van der Waals surface area contributed by atoms with Crippen molar-refractivity contribution in [1.29, 1.82) is 0 Å². The normalized spacial score (nSPS) is 19.0. The first kappa shape index (κ1) is 21.9. The van der Waals surface area contributed by atoms with Crippen LogP contribution in [0.2, 0.25) is 0 Å². The average molecular weight is 419 g/mol. The second kappa shape index (κ2) is 9.80. The zero-order chi connectivity index (χ0) is 21.7. The van der Waals surface area contributed by atoms with Crippen LogP contribution in [-0.2, 0) is 19.1 Å². The molecule has 0 aliphatic carbocycles. The van der Waals surface area contributed by atoms with Crippen LogP contribution in [0.5, 0.6) is 11.5 Å². The number of rotatable bonds is 8. The van der Waals surface area contributed by atoms with Crippen LogP contribution in [0.3, 0.4) is 0 Å². The van der Waals surface area contributed by atoms with Crippen LogP contribution < -0.4 is 25.0 Å². The fourth-order valence-electron chi connectivity index (χ4n) is 3.53. The molecule has 2 atom stereocenters. The van der Waals surface area contributed by atoms with Crippen LogP contribution >= 0.6 is 0 Å². The molecule has 0 radical (unpaired) electrons. The van der Waals surface area contributed by atoms with E-state index in [2.05, 4.69) is 10.6 Å². The van der Waals surface area contributed by atoms with Crippen molar-refractivity contribution in [1.82, 2.24) is 10.6 Å². The molecule has 3 amide bonds. The van der Waals surface area contributed by atoms with Crippen molar-refractivity contribution < 1.29 is 28.6 Å². The Hall–Kier alpha value is -2.81. The topological polar surface area (TPSA) is 106 Å². The van der Waals surface area contributed by atoms with Gasteiger partial charge in [-0.05, 0) is 18.1 Å². The highest BCUT2D eigenvalue weighted by Crippen LogP contribution is 2.36. The van der Waals surface area contributed by atoms with Crippen molar-refractivity contribution >= 4 is 23.4 Å². The third kappa shape index (κ3) is 5.02. The number of fused-ring (bicyclic) bond motifs is 1. The molecular formula is C21H29N3O6. The largest absolute Gasteiger partial charge is 0.486 e. The van der Waals surface area contributed by atoms with Gasteiger partial charge in [-0.25, -0.2) is 0 Å². The molecule has 30 heavy (non-hydrogen) atoms. The Morgan fingerprint density at radius 1 is 1.23 bits per heavy atom. The lowest BCUT2D eigenvalue weighted by molar-refractivity contribution is -0.132. The number of nitrogens with zero attached hydrogens (tertiary/aromatic N) is 1. The van der Waals surface area contributed by atoms with E-state index in [4.69, 9.17) is 14.2 Å². The molecule has 0 aromatic heterocycles. The highest BCUT2D eigenvalue weighted by atomic mass is 16.6. The van der Waals surface area contributed by atoms with E-state index in [1.54, 1.807) is 30.2 Å². The van der Waals surface area contributed by atoms with E-state index in [1.807, 2.05) is 13.8 Å². The molecule has 3 rings (SSSR count). The molecule has 2 aliphatic heterocycles. The fourth-order valence-corrected chi connectivity index (χ4v) is 3.53. The maximum Gasteiger partial charge on any atom is 0.242 e. The summed E-state index contributed by atoms with van der Waals surface area (Å²) < 4.78 is 16.0. The molecule has 2 aliphatic rings. The van der Waals surface area contributed by atoms with Crippen molar-refractivity contribution in [2.75, 3.05) is 44.9 Å². The van der Waals surface area contributed by atoms with Crippen molar-refractivity contribution in [3.05, 3.63) is 18.2 Å². The molecule has 1 fully saturated rings. The van der Waals surface area contributed by atoms with Gasteiger partial charge < -0.3 is 29.7 Å². The third-order valence-corrected chi connectivity index (χ3v) is 5.19. The van der Waals surface area contributed by atoms with E-state index < -0.39 is 12.0 Å². The van der Waals surface area contributed by atoms with Gasteiger partial charge in [-0.2, -0.15) is 0 Å². The number of hydrogen-bond donors (Lipinski definition) is 2. The lowest BCUT2D eigenvalue weighted by Crippen LogP contribution is -2.51. The van der Waals surface area contributed by atoms with Crippen LogP contribution in [0.15, 0.2) is 18.2 Å². The average Bonchev–Trinajstić information content (AvgIpc) is 3.13. The standard InChI is InChI=1S/C21H29N3O6/c1-13(2)19(21(27)22-6-7-28-3)23-20(26)14-10-18(25)24(12-14)15-4-5-16-17(11-15)30-9-8-29-16/h4-5,11,13-14,19H,6-10,12H2,1-3H3,(H,22,27)(H,23,26)/t14-,19-/m1/s1. The Labute approximate surface area is 176 Å².